The number of carboxylic acids is 1. The first-order chi connectivity index (χ1) is 8.49. The Morgan fingerprint density at radius 2 is 1.72 bits per heavy atom. The summed E-state index contributed by atoms with van der Waals surface area (Å²) in [6.45, 7) is 8.57. The van der Waals surface area contributed by atoms with Crippen molar-refractivity contribution in [1.29, 1.82) is 0 Å². The quantitative estimate of drug-likeness (QED) is 0.828. The van der Waals surface area contributed by atoms with Crippen molar-refractivity contribution in [3.05, 3.63) is 0 Å². The lowest BCUT2D eigenvalue weighted by atomic mass is 9.93. The van der Waals surface area contributed by atoms with Crippen molar-refractivity contribution in [3.63, 3.8) is 0 Å². The van der Waals surface area contributed by atoms with Gasteiger partial charge in [-0.2, -0.15) is 0 Å². The predicted octanol–water partition coefficient (Wildman–Crippen LogP) is 1.66. The monoisotopic (exact) mass is 254 g/mol. The van der Waals surface area contributed by atoms with Gasteiger partial charge in [0.05, 0.1) is 5.41 Å². The van der Waals surface area contributed by atoms with Crippen LogP contribution in [0.2, 0.25) is 0 Å². The minimum atomic E-state index is -0.694. The molecule has 1 saturated heterocycles. The van der Waals surface area contributed by atoms with Crippen LogP contribution in [-0.4, -0.2) is 59.6 Å². The maximum Gasteiger partial charge on any atom is 0.310 e. The van der Waals surface area contributed by atoms with E-state index in [0.717, 1.165) is 32.2 Å². The molecule has 1 heterocycles. The van der Waals surface area contributed by atoms with Crippen molar-refractivity contribution in [1.82, 2.24) is 9.80 Å². The fraction of sp³-hybridized carbons (Fsp3) is 0.929. The SMILES string of the molecule is CC(C)(CN1CCN(C2CCCC2)CC1)C(=O)O. The third-order valence-corrected chi connectivity index (χ3v) is 4.45. The molecule has 104 valence electrons. The summed E-state index contributed by atoms with van der Waals surface area (Å²) in [5.41, 5.74) is -0.629. The Morgan fingerprint density at radius 3 is 2.22 bits per heavy atom. The van der Waals surface area contributed by atoms with Crippen molar-refractivity contribution in [2.75, 3.05) is 32.7 Å². The molecule has 0 bridgehead atoms. The summed E-state index contributed by atoms with van der Waals surface area (Å²) in [7, 11) is 0. The van der Waals surface area contributed by atoms with E-state index < -0.39 is 11.4 Å². The number of carboxylic acid groups (broad SMARTS) is 1. The number of piperazine rings is 1. The van der Waals surface area contributed by atoms with Crippen LogP contribution in [0.5, 0.6) is 0 Å². The van der Waals surface area contributed by atoms with Crippen LogP contribution in [0.3, 0.4) is 0 Å². The second-order valence-electron chi connectivity index (χ2n) is 6.44. The van der Waals surface area contributed by atoms with Gasteiger partial charge in [0.25, 0.3) is 0 Å². The summed E-state index contributed by atoms with van der Waals surface area (Å²) in [4.78, 5) is 16.0. The molecule has 0 unspecified atom stereocenters. The van der Waals surface area contributed by atoms with Crippen LogP contribution in [0.15, 0.2) is 0 Å². The largest absolute Gasteiger partial charge is 0.481 e. The average molecular weight is 254 g/mol. The first-order valence-electron chi connectivity index (χ1n) is 7.19. The topological polar surface area (TPSA) is 43.8 Å². The van der Waals surface area contributed by atoms with E-state index in [0.29, 0.717) is 6.54 Å². The van der Waals surface area contributed by atoms with Gasteiger partial charge in [0.1, 0.15) is 0 Å². The molecule has 1 saturated carbocycles. The molecule has 0 amide bonds. The Balaban J connectivity index is 1.78. The zero-order valence-corrected chi connectivity index (χ0v) is 11.7. The summed E-state index contributed by atoms with van der Waals surface area (Å²) < 4.78 is 0. The van der Waals surface area contributed by atoms with Gasteiger partial charge in [-0.3, -0.25) is 14.6 Å². The molecule has 4 nitrogen and oxygen atoms in total. The molecule has 0 aromatic carbocycles. The highest BCUT2D eigenvalue weighted by atomic mass is 16.4. The minimum absolute atomic E-state index is 0.629. The summed E-state index contributed by atoms with van der Waals surface area (Å²) >= 11 is 0. The highest BCUT2D eigenvalue weighted by Gasteiger charge is 2.32. The van der Waals surface area contributed by atoms with Gasteiger partial charge in [-0.05, 0) is 26.7 Å². The number of rotatable bonds is 4. The first-order valence-corrected chi connectivity index (χ1v) is 7.19. The van der Waals surface area contributed by atoms with E-state index in [9.17, 15) is 4.79 Å². The van der Waals surface area contributed by atoms with Gasteiger partial charge in [0.15, 0.2) is 0 Å². The lowest BCUT2D eigenvalue weighted by molar-refractivity contribution is -0.148. The van der Waals surface area contributed by atoms with Crippen LogP contribution < -0.4 is 0 Å². The molecule has 1 aliphatic heterocycles. The molecule has 0 spiro atoms. The Bertz CT molecular complexity index is 290. The third-order valence-electron chi connectivity index (χ3n) is 4.45. The number of carbonyl (C=O) groups is 1. The number of nitrogens with zero attached hydrogens (tertiary/aromatic N) is 2. The lowest BCUT2D eigenvalue weighted by Gasteiger charge is -2.40. The predicted molar refractivity (Wildman–Crippen MR) is 71.7 cm³/mol. The standard InChI is InChI=1S/C14H26N2O2/c1-14(2,13(17)18)11-15-7-9-16(10-8-15)12-5-3-4-6-12/h12H,3-11H2,1-2H3,(H,17,18). The van der Waals surface area contributed by atoms with Gasteiger partial charge in [-0.15, -0.1) is 0 Å². The van der Waals surface area contributed by atoms with Crippen molar-refractivity contribution in [2.24, 2.45) is 5.41 Å². The van der Waals surface area contributed by atoms with Crippen molar-refractivity contribution in [3.8, 4) is 0 Å². The Hall–Kier alpha value is -0.610. The van der Waals surface area contributed by atoms with E-state index in [1.54, 1.807) is 0 Å². The second-order valence-corrected chi connectivity index (χ2v) is 6.44. The van der Waals surface area contributed by atoms with Gasteiger partial charge >= 0.3 is 5.97 Å². The molecule has 4 heteroatoms. The first kappa shape index (κ1) is 13.8. The third kappa shape index (κ3) is 3.23. The number of hydrogen-bond donors (Lipinski definition) is 1. The fourth-order valence-electron chi connectivity index (χ4n) is 3.18. The molecular weight excluding hydrogens is 228 g/mol. The van der Waals surface area contributed by atoms with Gasteiger partial charge in [0.2, 0.25) is 0 Å². The van der Waals surface area contributed by atoms with Gasteiger partial charge in [-0.1, -0.05) is 12.8 Å². The Morgan fingerprint density at radius 1 is 1.17 bits per heavy atom. The van der Waals surface area contributed by atoms with Crippen LogP contribution in [-0.2, 0) is 4.79 Å². The summed E-state index contributed by atoms with van der Waals surface area (Å²) in [5, 5.41) is 9.16. The average Bonchev–Trinajstić information content (AvgIpc) is 2.83. The van der Waals surface area contributed by atoms with Crippen LogP contribution in [0.25, 0.3) is 0 Å². The maximum atomic E-state index is 11.1. The van der Waals surface area contributed by atoms with Crippen molar-refractivity contribution >= 4 is 5.97 Å². The van der Waals surface area contributed by atoms with Gasteiger partial charge in [0, 0.05) is 38.8 Å². The molecule has 18 heavy (non-hydrogen) atoms. The van der Waals surface area contributed by atoms with E-state index >= 15 is 0 Å². The molecule has 1 N–H and O–H groups in total. The van der Waals surface area contributed by atoms with Crippen LogP contribution in [0.1, 0.15) is 39.5 Å². The zero-order chi connectivity index (χ0) is 13.2. The minimum Gasteiger partial charge on any atom is -0.481 e. The van der Waals surface area contributed by atoms with E-state index in [4.69, 9.17) is 5.11 Å². The second kappa shape index (κ2) is 5.57. The number of aliphatic carboxylic acids is 1. The lowest BCUT2D eigenvalue weighted by Crippen LogP contribution is -2.52. The maximum absolute atomic E-state index is 11.1. The van der Waals surface area contributed by atoms with Crippen molar-refractivity contribution < 1.29 is 9.90 Å². The molecule has 0 aromatic rings. The van der Waals surface area contributed by atoms with Crippen LogP contribution >= 0.6 is 0 Å². The molecule has 1 aliphatic carbocycles. The Labute approximate surface area is 110 Å². The molecule has 2 rings (SSSR count). The van der Waals surface area contributed by atoms with E-state index in [2.05, 4.69) is 9.80 Å². The highest BCUT2D eigenvalue weighted by molar-refractivity contribution is 5.73. The van der Waals surface area contributed by atoms with Gasteiger partial charge < -0.3 is 5.11 Å². The number of hydrogen-bond acceptors (Lipinski definition) is 3. The van der Waals surface area contributed by atoms with Gasteiger partial charge in [-0.25, -0.2) is 0 Å². The smallest absolute Gasteiger partial charge is 0.310 e. The summed E-state index contributed by atoms with van der Waals surface area (Å²) in [5.74, 6) is -0.694. The molecule has 0 atom stereocenters. The highest BCUT2D eigenvalue weighted by Crippen LogP contribution is 2.25. The summed E-state index contributed by atoms with van der Waals surface area (Å²) in [6.07, 6.45) is 5.50. The Kier molecular flexibility index (Phi) is 4.28. The molecular formula is C14H26N2O2. The van der Waals surface area contributed by atoms with E-state index in [-0.39, 0.29) is 0 Å². The van der Waals surface area contributed by atoms with Crippen LogP contribution in [0, 0.1) is 5.41 Å². The molecule has 2 aliphatic rings. The van der Waals surface area contributed by atoms with Crippen LogP contribution in [0.4, 0.5) is 0 Å². The summed E-state index contributed by atoms with van der Waals surface area (Å²) in [6, 6.07) is 0.805. The van der Waals surface area contributed by atoms with Crippen molar-refractivity contribution in [2.45, 2.75) is 45.6 Å². The zero-order valence-electron chi connectivity index (χ0n) is 11.7. The normalized spacial score (nSPS) is 24.6. The van der Waals surface area contributed by atoms with E-state index in [1.165, 1.54) is 25.7 Å². The molecule has 0 radical (unpaired) electrons. The fourth-order valence-corrected chi connectivity index (χ4v) is 3.18. The molecule has 0 aromatic heterocycles. The molecule has 2 fully saturated rings. The van der Waals surface area contributed by atoms with E-state index in [1.807, 2.05) is 13.8 Å².